The second-order valence-electron chi connectivity index (χ2n) is 5.41. The van der Waals surface area contributed by atoms with Crippen molar-refractivity contribution in [1.82, 2.24) is 10.2 Å². The van der Waals surface area contributed by atoms with Crippen LogP contribution in [0.15, 0.2) is 34.7 Å². The number of carbonyl (C=O) groups excluding carboxylic acids is 3. The van der Waals surface area contributed by atoms with Crippen LogP contribution in [0, 0.1) is 0 Å². The minimum Gasteiger partial charge on any atom is -0.450 e. The van der Waals surface area contributed by atoms with E-state index in [0.717, 1.165) is 0 Å². The highest BCUT2D eigenvalue weighted by molar-refractivity contribution is 6.43. The molecule has 0 unspecified atom stereocenters. The second kappa shape index (κ2) is 8.73. The van der Waals surface area contributed by atoms with Crippen LogP contribution in [-0.2, 0) is 14.3 Å². The largest absolute Gasteiger partial charge is 0.450 e. The lowest BCUT2D eigenvalue weighted by atomic mass is 10.2. The molecule has 0 spiro atoms. The molecule has 0 saturated carbocycles. The maximum atomic E-state index is 12.0. The Hall–Kier alpha value is -2.51. The summed E-state index contributed by atoms with van der Waals surface area (Å²) >= 11 is 12.1. The number of nitrogens with one attached hydrogen (secondary N) is 1. The predicted molar refractivity (Wildman–Crippen MR) is 96.2 cm³/mol. The van der Waals surface area contributed by atoms with Crippen molar-refractivity contribution in [1.29, 1.82) is 0 Å². The summed E-state index contributed by atoms with van der Waals surface area (Å²) in [6.07, 6.45) is 0. The van der Waals surface area contributed by atoms with Gasteiger partial charge in [0.25, 0.3) is 5.91 Å². The Balaban J connectivity index is 1.93. The lowest BCUT2D eigenvalue weighted by molar-refractivity contribution is -0.131. The normalized spacial score (nSPS) is 10.3. The van der Waals surface area contributed by atoms with Gasteiger partial charge in [0.2, 0.25) is 11.7 Å². The van der Waals surface area contributed by atoms with Crippen LogP contribution in [0.4, 0.5) is 0 Å². The van der Waals surface area contributed by atoms with E-state index >= 15 is 0 Å². The zero-order chi connectivity index (χ0) is 19.3. The number of hydrogen-bond acceptors (Lipinski definition) is 5. The van der Waals surface area contributed by atoms with Crippen molar-refractivity contribution in [3.05, 3.63) is 46.1 Å². The minimum absolute atomic E-state index is 0.0896. The van der Waals surface area contributed by atoms with Gasteiger partial charge in [-0.1, -0.05) is 29.3 Å². The Kier molecular flexibility index (Phi) is 6.65. The number of nitrogens with zero attached hydrogens (tertiary/aromatic N) is 1. The lowest BCUT2D eigenvalue weighted by Gasteiger charge is -2.10. The van der Waals surface area contributed by atoms with E-state index in [0.29, 0.717) is 21.4 Å². The molecule has 0 aliphatic rings. The van der Waals surface area contributed by atoms with E-state index < -0.39 is 18.5 Å². The van der Waals surface area contributed by atoms with Gasteiger partial charge in [-0.2, -0.15) is 0 Å². The zero-order valence-electron chi connectivity index (χ0n) is 14.0. The smallest absolute Gasteiger partial charge is 0.374 e. The minimum atomic E-state index is -0.816. The van der Waals surface area contributed by atoms with Crippen LogP contribution in [0.25, 0.3) is 11.3 Å². The van der Waals surface area contributed by atoms with E-state index in [1.165, 1.54) is 11.0 Å². The molecule has 1 N–H and O–H groups in total. The number of likely N-dealkylation sites (N-methyl/N-ethyl adjacent to an activating group) is 1. The van der Waals surface area contributed by atoms with E-state index in [1.54, 1.807) is 38.4 Å². The van der Waals surface area contributed by atoms with Gasteiger partial charge in [0.1, 0.15) is 5.76 Å². The Morgan fingerprint density at radius 2 is 1.88 bits per heavy atom. The number of carbonyl (C=O) groups is 3. The molecule has 0 atom stereocenters. The zero-order valence-corrected chi connectivity index (χ0v) is 15.6. The molecule has 2 amide bonds. The quantitative estimate of drug-likeness (QED) is 0.755. The number of benzene rings is 1. The van der Waals surface area contributed by atoms with Gasteiger partial charge in [0.15, 0.2) is 6.61 Å². The molecule has 0 saturated heterocycles. The Bertz CT molecular complexity index is 832. The van der Waals surface area contributed by atoms with Gasteiger partial charge in [-0.15, -0.1) is 0 Å². The van der Waals surface area contributed by atoms with Gasteiger partial charge in [-0.05, 0) is 24.3 Å². The Morgan fingerprint density at radius 3 is 2.58 bits per heavy atom. The van der Waals surface area contributed by atoms with Crippen LogP contribution in [0.1, 0.15) is 10.6 Å². The maximum Gasteiger partial charge on any atom is 0.374 e. The van der Waals surface area contributed by atoms with Crippen LogP contribution in [0.3, 0.4) is 0 Å². The number of hydrogen-bond donors (Lipinski definition) is 1. The van der Waals surface area contributed by atoms with Crippen molar-refractivity contribution in [2.75, 3.05) is 27.2 Å². The fourth-order valence-electron chi connectivity index (χ4n) is 1.87. The maximum absolute atomic E-state index is 12.0. The molecule has 1 aromatic heterocycles. The number of furan rings is 1. The van der Waals surface area contributed by atoms with Crippen molar-refractivity contribution in [3.8, 4) is 11.3 Å². The molecule has 7 nitrogen and oxygen atoms in total. The van der Waals surface area contributed by atoms with E-state index in [4.69, 9.17) is 32.4 Å². The average Bonchev–Trinajstić information content (AvgIpc) is 3.09. The molecule has 0 aliphatic heterocycles. The number of ether oxygens (including phenoxy) is 1. The van der Waals surface area contributed by atoms with E-state index in [2.05, 4.69) is 5.32 Å². The van der Waals surface area contributed by atoms with Crippen LogP contribution < -0.4 is 5.32 Å². The van der Waals surface area contributed by atoms with Crippen LogP contribution in [0.5, 0.6) is 0 Å². The van der Waals surface area contributed by atoms with Crippen LogP contribution in [0.2, 0.25) is 10.0 Å². The highest BCUT2D eigenvalue weighted by Crippen LogP contribution is 2.34. The molecule has 1 aromatic carbocycles. The third-order valence-corrected chi connectivity index (χ3v) is 4.11. The average molecular weight is 399 g/mol. The summed E-state index contributed by atoms with van der Waals surface area (Å²) in [6.45, 7) is -0.713. The molecule has 0 aliphatic carbocycles. The first-order valence-corrected chi connectivity index (χ1v) is 8.23. The predicted octanol–water partition coefficient (Wildman–Crippen LogP) is 2.61. The van der Waals surface area contributed by atoms with Crippen molar-refractivity contribution in [2.24, 2.45) is 0 Å². The van der Waals surface area contributed by atoms with E-state index in [1.807, 2.05) is 0 Å². The molecule has 26 heavy (non-hydrogen) atoms. The molecule has 138 valence electrons. The third kappa shape index (κ3) is 5.00. The summed E-state index contributed by atoms with van der Waals surface area (Å²) < 4.78 is 10.3. The van der Waals surface area contributed by atoms with Gasteiger partial charge in [-0.25, -0.2) is 4.79 Å². The summed E-state index contributed by atoms with van der Waals surface area (Å²) in [5.74, 6) is -1.45. The van der Waals surface area contributed by atoms with E-state index in [-0.39, 0.29) is 18.2 Å². The topological polar surface area (TPSA) is 88.9 Å². The van der Waals surface area contributed by atoms with Crippen molar-refractivity contribution in [3.63, 3.8) is 0 Å². The van der Waals surface area contributed by atoms with Gasteiger partial charge < -0.3 is 19.4 Å². The standard InChI is InChI=1S/C17H16Cl2N2O5/c1-21(2)15(23)8-20-14(22)9-25-17(24)13-7-6-12(26-13)10-4-3-5-11(18)16(10)19/h3-7H,8-9H2,1-2H3,(H,20,22). The van der Waals surface area contributed by atoms with Crippen molar-refractivity contribution in [2.45, 2.75) is 0 Å². The SMILES string of the molecule is CN(C)C(=O)CNC(=O)COC(=O)c1ccc(-c2cccc(Cl)c2Cl)o1. The summed E-state index contributed by atoms with van der Waals surface area (Å²) in [5.41, 5.74) is 0.526. The van der Waals surface area contributed by atoms with Gasteiger partial charge in [0, 0.05) is 19.7 Å². The first-order chi connectivity index (χ1) is 12.3. The molecule has 1 heterocycles. The molecule has 9 heteroatoms. The fraction of sp³-hybridized carbons (Fsp3) is 0.235. The molecule has 2 aromatic rings. The molecule has 2 rings (SSSR count). The van der Waals surface area contributed by atoms with Gasteiger partial charge >= 0.3 is 5.97 Å². The molecular weight excluding hydrogens is 383 g/mol. The van der Waals surface area contributed by atoms with E-state index in [9.17, 15) is 14.4 Å². The lowest BCUT2D eigenvalue weighted by Crippen LogP contribution is -2.38. The third-order valence-electron chi connectivity index (χ3n) is 3.29. The monoisotopic (exact) mass is 398 g/mol. The van der Waals surface area contributed by atoms with Crippen molar-refractivity contribution < 1.29 is 23.5 Å². The second-order valence-corrected chi connectivity index (χ2v) is 6.19. The summed E-state index contributed by atoms with van der Waals surface area (Å²) in [7, 11) is 3.13. The summed E-state index contributed by atoms with van der Waals surface area (Å²) in [5, 5.41) is 3.00. The molecule has 0 bridgehead atoms. The first kappa shape index (κ1) is 19.8. The highest BCUT2D eigenvalue weighted by Gasteiger charge is 2.17. The Labute approximate surface area is 159 Å². The molecule has 0 fully saturated rings. The summed E-state index contributed by atoms with van der Waals surface area (Å²) in [4.78, 5) is 36.2. The van der Waals surface area contributed by atoms with Gasteiger partial charge in [-0.3, -0.25) is 9.59 Å². The Morgan fingerprint density at radius 1 is 1.15 bits per heavy atom. The van der Waals surface area contributed by atoms with Gasteiger partial charge in [0.05, 0.1) is 16.6 Å². The molecule has 0 radical (unpaired) electrons. The van der Waals surface area contributed by atoms with Crippen molar-refractivity contribution >= 4 is 41.0 Å². The fourth-order valence-corrected chi connectivity index (χ4v) is 2.27. The van der Waals surface area contributed by atoms with Crippen LogP contribution in [-0.4, -0.2) is 49.9 Å². The highest BCUT2D eigenvalue weighted by atomic mass is 35.5. The molecular formula is C17H16Cl2N2O5. The number of halogens is 2. The van der Waals surface area contributed by atoms with Crippen LogP contribution >= 0.6 is 23.2 Å². The number of rotatable bonds is 6. The number of amides is 2. The summed E-state index contributed by atoms with van der Waals surface area (Å²) in [6, 6.07) is 7.97. The number of esters is 1. The first-order valence-electron chi connectivity index (χ1n) is 7.47.